The number of ether oxygens (including phenoxy) is 1. The maximum atomic E-state index is 13.2. The molecule has 8 rings (SSSR count). The van der Waals surface area contributed by atoms with Gasteiger partial charge < -0.3 is 40.0 Å². The Kier molecular flexibility index (Phi) is 14.3. The van der Waals surface area contributed by atoms with Crippen molar-refractivity contribution in [3.63, 3.8) is 0 Å². The molecule has 1 atom stereocenters. The lowest BCUT2D eigenvalue weighted by atomic mass is 10.0. The second-order valence-electron chi connectivity index (χ2n) is 17.5. The van der Waals surface area contributed by atoms with Crippen molar-refractivity contribution in [1.29, 1.82) is 0 Å². The standard InChI is InChI=1S/C47H58ClN10O6P/c1-64-40-28-32(15-16-37(40)52-47-50-29-35(48)44(54-47)51-38-11-6-7-13-41(38)65(2,3)63)55-22-19-31(20-23-55)56-24-26-57(27-25-56)43(60)14-5-4-8-21-49-36-12-9-10-33-34(36)30-58(46(33)62)39-17-18-42(59)53-45(39)61/h6-7,9-13,15-16,28-29,31,39,49H,4-5,8,14,17-27,30H2,1-3H3,(H,53,59,61)(H2,50,51,52,54). The van der Waals surface area contributed by atoms with E-state index in [-0.39, 0.29) is 24.1 Å². The van der Waals surface area contributed by atoms with Crippen molar-refractivity contribution >= 4 is 82.2 Å². The van der Waals surface area contributed by atoms with Gasteiger partial charge in [-0.05, 0) is 81.8 Å². The summed E-state index contributed by atoms with van der Waals surface area (Å²) in [6.07, 6.45) is 7.32. The summed E-state index contributed by atoms with van der Waals surface area (Å²) in [7, 11) is -0.912. The first-order chi connectivity index (χ1) is 31.4. The van der Waals surface area contributed by atoms with Crippen molar-refractivity contribution in [2.45, 2.75) is 70.0 Å². The van der Waals surface area contributed by atoms with E-state index in [9.17, 15) is 23.7 Å². The number of hydrogen-bond acceptors (Lipinski definition) is 13. The van der Waals surface area contributed by atoms with Crippen LogP contribution in [-0.4, -0.2) is 127 Å². The van der Waals surface area contributed by atoms with Crippen LogP contribution in [0.25, 0.3) is 0 Å². The van der Waals surface area contributed by atoms with Crippen LogP contribution in [0.1, 0.15) is 67.3 Å². The zero-order valence-corrected chi connectivity index (χ0v) is 38.9. The van der Waals surface area contributed by atoms with E-state index in [2.05, 4.69) is 47.1 Å². The quantitative estimate of drug-likeness (QED) is 0.0550. The summed E-state index contributed by atoms with van der Waals surface area (Å²) in [6, 6.07) is 18.9. The van der Waals surface area contributed by atoms with E-state index in [0.29, 0.717) is 76.8 Å². The number of imide groups is 1. The number of carbonyl (C=O) groups is 4. The highest BCUT2D eigenvalue weighted by Gasteiger charge is 2.40. The normalized spacial score (nSPS) is 18.4. The SMILES string of the molecule is COc1cc(N2CCC(N3CCN(C(=O)CCCCCNc4cccc5c4CN(C4CCC(=O)NC4=O)C5=O)CC3)CC2)ccc1Nc1ncc(Cl)c(Nc2ccccc2P(C)(C)=O)n1. The lowest BCUT2D eigenvalue weighted by molar-refractivity contribution is -0.137. The van der Waals surface area contributed by atoms with E-state index in [0.717, 1.165) is 88.3 Å². The number of unbranched alkanes of at least 4 members (excludes halogenated alkanes) is 2. The smallest absolute Gasteiger partial charge is 0.255 e. The van der Waals surface area contributed by atoms with Crippen LogP contribution in [-0.2, 0) is 25.5 Å². The van der Waals surface area contributed by atoms with Gasteiger partial charge in [0.05, 0.1) is 24.7 Å². The number of nitrogens with one attached hydrogen (secondary N) is 4. The van der Waals surface area contributed by atoms with Crippen molar-refractivity contribution < 1.29 is 28.5 Å². The van der Waals surface area contributed by atoms with E-state index in [1.54, 1.807) is 31.4 Å². The van der Waals surface area contributed by atoms with Gasteiger partial charge in [-0.3, -0.25) is 29.4 Å². The Bertz CT molecular complexity index is 2470. The number of para-hydroxylation sites is 1. The molecule has 3 saturated heterocycles. The number of aromatic nitrogens is 2. The van der Waals surface area contributed by atoms with Gasteiger partial charge in [0, 0.05) is 105 Å². The van der Waals surface area contributed by atoms with Crippen molar-refractivity contribution in [3.8, 4) is 5.75 Å². The molecule has 4 aliphatic heterocycles. The summed E-state index contributed by atoms with van der Waals surface area (Å²) in [5.74, 6) is 0.720. The summed E-state index contributed by atoms with van der Waals surface area (Å²) >= 11 is 6.48. The molecule has 65 heavy (non-hydrogen) atoms. The van der Waals surface area contributed by atoms with Crippen LogP contribution in [0.3, 0.4) is 0 Å². The highest BCUT2D eigenvalue weighted by molar-refractivity contribution is 7.70. The zero-order valence-electron chi connectivity index (χ0n) is 37.3. The third kappa shape index (κ3) is 10.7. The maximum absolute atomic E-state index is 13.2. The maximum Gasteiger partial charge on any atom is 0.255 e. The fourth-order valence-corrected chi connectivity index (χ4v) is 10.6. The number of carbonyl (C=O) groups excluding carboxylic acids is 4. The second kappa shape index (κ2) is 20.2. The minimum atomic E-state index is -2.56. The molecular weight excluding hydrogens is 867 g/mol. The fourth-order valence-electron chi connectivity index (χ4n) is 9.33. The molecule has 16 nitrogen and oxygen atoms in total. The molecule has 4 aromatic rings. The average molecular weight is 925 g/mol. The number of piperidine rings is 2. The van der Waals surface area contributed by atoms with E-state index in [4.69, 9.17) is 16.3 Å². The van der Waals surface area contributed by atoms with E-state index < -0.39 is 19.1 Å². The monoisotopic (exact) mass is 924 g/mol. The van der Waals surface area contributed by atoms with Gasteiger partial charge in [0.1, 0.15) is 24.0 Å². The Morgan fingerprint density at radius 2 is 1.66 bits per heavy atom. The Labute approximate surface area is 385 Å². The molecule has 4 aliphatic rings. The first-order valence-corrected chi connectivity index (χ1v) is 25.5. The molecule has 0 saturated carbocycles. The van der Waals surface area contributed by atoms with Crippen molar-refractivity contribution in [3.05, 3.63) is 83.0 Å². The van der Waals surface area contributed by atoms with Gasteiger partial charge in [-0.2, -0.15) is 4.98 Å². The fraction of sp³-hybridized carbons (Fsp3) is 0.447. The summed E-state index contributed by atoms with van der Waals surface area (Å²) in [5.41, 5.74) is 4.83. The molecule has 18 heteroatoms. The Hall–Kier alpha value is -5.70. The number of nitrogens with zero attached hydrogens (tertiary/aromatic N) is 6. The molecule has 0 aliphatic carbocycles. The molecule has 4 amide bonds. The first kappa shape index (κ1) is 45.9. The summed E-state index contributed by atoms with van der Waals surface area (Å²) < 4.78 is 18.7. The average Bonchev–Trinajstić information content (AvgIpc) is 3.64. The van der Waals surface area contributed by atoms with Gasteiger partial charge in [-0.1, -0.05) is 36.2 Å². The largest absolute Gasteiger partial charge is 0.494 e. The molecule has 1 unspecified atom stereocenters. The number of fused-ring (bicyclic) bond motifs is 1. The predicted octanol–water partition coefficient (Wildman–Crippen LogP) is 6.42. The number of halogens is 1. The van der Waals surface area contributed by atoms with E-state index in [1.807, 2.05) is 53.4 Å². The number of methoxy groups -OCH3 is 1. The third-order valence-corrected chi connectivity index (χ3v) is 14.7. The number of piperazine rings is 1. The minimum Gasteiger partial charge on any atom is -0.494 e. The number of rotatable bonds is 16. The van der Waals surface area contributed by atoms with Crippen molar-refractivity contribution in [2.24, 2.45) is 0 Å². The topological polar surface area (TPSA) is 181 Å². The summed E-state index contributed by atoms with van der Waals surface area (Å²) in [5, 5.41) is 13.4. The Morgan fingerprint density at radius 1 is 0.892 bits per heavy atom. The second-order valence-corrected chi connectivity index (χ2v) is 21.1. The zero-order chi connectivity index (χ0) is 45.7. The third-order valence-electron chi connectivity index (χ3n) is 12.9. The lowest BCUT2D eigenvalue weighted by Gasteiger charge is -2.43. The van der Waals surface area contributed by atoms with Crippen LogP contribution >= 0.6 is 18.7 Å². The van der Waals surface area contributed by atoms with Gasteiger partial charge in [-0.25, -0.2) is 4.98 Å². The minimum absolute atomic E-state index is 0.180. The number of anilines is 6. The molecule has 0 bridgehead atoms. The number of benzene rings is 3. The van der Waals surface area contributed by atoms with Crippen LogP contribution in [0.5, 0.6) is 5.75 Å². The van der Waals surface area contributed by atoms with Crippen molar-refractivity contribution in [2.75, 3.05) is 87.1 Å². The van der Waals surface area contributed by atoms with Crippen LogP contribution in [0.15, 0.2) is 66.9 Å². The summed E-state index contributed by atoms with van der Waals surface area (Å²) in [4.78, 5) is 68.0. The highest BCUT2D eigenvalue weighted by atomic mass is 35.5. The Morgan fingerprint density at radius 3 is 2.42 bits per heavy atom. The molecular formula is C47H58ClN10O6P. The van der Waals surface area contributed by atoms with E-state index >= 15 is 0 Å². The molecule has 5 heterocycles. The van der Waals surface area contributed by atoms with Gasteiger partial charge in [-0.15, -0.1) is 0 Å². The predicted molar refractivity (Wildman–Crippen MR) is 255 cm³/mol. The molecule has 4 N–H and O–H groups in total. The van der Waals surface area contributed by atoms with Crippen LogP contribution in [0, 0.1) is 0 Å². The van der Waals surface area contributed by atoms with Crippen LogP contribution in [0.4, 0.5) is 34.5 Å². The van der Waals surface area contributed by atoms with Crippen molar-refractivity contribution in [1.82, 2.24) is 30.0 Å². The van der Waals surface area contributed by atoms with Gasteiger partial charge >= 0.3 is 0 Å². The van der Waals surface area contributed by atoms with Crippen LogP contribution < -0.4 is 36.2 Å². The first-order valence-electron chi connectivity index (χ1n) is 22.5. The van der Waals surface area contributed by atoms with E-state index in [1.165, 1.54) is 6.20 Å². The molecule has 3 fully saturated rings. The lowest BCUT2D eigenvalue weighted by Crippen LogP contribution is -2.54. The molecule has 3 aromatic carbocycles. The Balaban J connectivity index is 0.745. The molecule has 0 radical (unpaired) electrons. The van der Waals surface area contributed by atoms with Gasteiger partial charge in [0.25, 0.3) is 5.91 Å². The molecule has 1 aromatic heterocycles. The summed E-state index contributed by atoms with van der Waals surface area (Å²) in [6.45, 7) is 9.61. The molecule has 0 spiro atoms. The van der Waals surface area contributed by atoms with Crippen LogP contribution in [0.2, 0.25) is 5.02 Å². The number of amides is 4. The number of hydrogen-bond donors (Lipinski definition) is 4. The van der Waals surface area contributed by atoms with Gasteiger partial charge in [0.15, 0.2) is 5.82 Å². The van der Waals surface area contributed by atoms with Gasteiger partial charge in [0.2, 0.25) is 23.7 Å². The highest BCUT2D eigenvalue weighted by Crippen LogP contribution is 2.39. The molecule has 344 valence electrons.